The number of ether oxygens (including phenoxy) is 1. The first-order valence-corrected chi connectivity index (χ1v) is 5.66. The maximum Gasteiger partial charge on any atom is 0.346 e. The molecule has 0 bridgehead atoms. The third-order valence-electron chi connectivity index (χ3n) is 3.14. The molecule has 1 aliphatic rings. The molecule has 2 aromatic rings. The molecule has 0 aliphatic carbocycles. The van der Waals surface area contributed by atoms with E-state index in [1.165, 1.54) is 17.1 Å². The van der Waals surface area contributed by atoms with Crippen LogP contribution in [0.5, 0.6) is 0 Å². The molecule has 3 heterocycles. The van der Waals surface area contributed by atoms with E-state index in [4.69, 9.17) is 9.84 Å². The van der Waals surface area contributed by atoms with Crippen molar-refractivity contribution in [1.82, 2.24) is 19.5 Å². The summed E-state index contributed by atoms with van der Waals surface area (Å²) in [5, 5.41) is 28.7. The number of hydrogen-bond donors (Lipinski definition) is 4. The van der Waals surface area contributed by atoms with Gasteiger partial charge >= 0.3 is 5.69 Å². The van der Waals surface area contributed by atoms with E-state index in [1.807, 2.05) is 0 Å². The number of fused-ring (bicyclic) bond motifs is 1. The highest BCUT2D eigenvalue weighted by Gasteiger charge is 2.43. The van der Waals surface area contributed by atoms with Gasteiger partial charge in [-0.2, -0.15) is 4.98 Å². The van der Waals surface area contributed by atoms with Crippen LogP contribution in [0.25, 0.3) is 11.2 Å². The molecule has 4 atom stereocenters. The summed E-state index contributed by atoms with van der Waals surface area (Å²) in [4.78, 5) is 21.2. The van der Waals surface area contributed by atoms with Crippen LogP contribution in [0.15, 0.2) is 17.3 Å². The second-order valence-electron chi connectivity index (χ2n) is 4.30. The average molecular weight is 268 g/mol. The topological polar surface area (TPSA) is 133 Å². The first-order chi connectivity index (χ1) is 9.11. The highest BCUT2D eigenvalue weighted by atomic mass is 16.6. The lowest BCUT2D eigenvalue weighted by Gasteiger charge is -2.16. The second-order valence-corrected chi connectivity index (χ2v) is 4.30. The fourth-order valence-corrected chi connectivity index (χ4v) is 2.15. The molecule has 0 saturated carbocycles. The Morgan fingerprint density at radius 2 is 2.16 bits per heavy atom. The Morgan fingerprint density at radius 3 is 2.84 bits per heavy atom. The van der Waals surface area contributed by atoms with Gasteiger partial charge in [-0.25, -0.2) is 9.78 Å². The van der Waals surface area contributed by atoms with Crippen LogP contribution in [0.4, 0.5) is 0 Å². The van der Waals surface area contributed by atoms with Crippen molar-refractivity contribution in [3.8, 4) is 0 Å². The molecule has 19 heavy (non-hydrogen) atoms. The summed E-state index contributed by atoms with van der Waals surface area (Å²) in [6, 6.07) is 0. The van der Waals surface area contributed by atoms with Crippen LogP contribution in [0.1, 0.15) is 6.23 Å². The molecule has 9 heteroatoms. The molecular formula is C10H12N4O5. The van der Waals surface area contributed by atoms with Crippen LogP contribution >= 0.6 is 0 Å². The monoisotopic (exact) mass is 268 g/mol. The number of aliphatic hydroxyl groups is 3. The number of nitrogens with zero attached hydrogens (tertiary/aromatic N) is 3. The number of aliphatic hydroxyl groups excluding tert-OH is 3. The van der Waals surface area contributed by atoms with Gasteiger partial charge < -0.3 is 20.1 Å². The number of rotatable bonds is 2. The first kappa shape index (κ1) is 12.2. The van der Waals surface area contributed by atoms with Crippen LogP contribution in [-0.2, 0) is 4.74 Å². The predicted molar refractivity (Wildman–Crippen MR) is 61.2 cm³/mol. The van der Waals surface area contributed by atoms with Crippen molar-refractivity contribution >= 4 is 11.2 Å². The number of hydrogen-bond acceptors (Lipinski definition) is 7. The van der Waals surface area contributed by atoms with E-state index in [1.54, 1.807) is 0 Å². The van der Waals surface area contributed by atoms with Gasteiger partial charge in [-0.1, -0.05) is 0 Å². The van der Waals surface area contributed by atoms with E-state index in [-0.39, 0.29) is 0 Å². The molecule has 3 rings (SSSR count). The van der Waals surface area contributed by atoms with Crippen LogP contribution in [-0.4, -0.2) is 59.8 Å². The van der Waals surface area contributed by atoms with Crippen LogP contribution in [0, 0.1) is 0 Å². The van der Waals surface area contributed by atoms with Crippen molar-refractivity contribution < 1.29 is 20.1 Å². The van der Waals surface area contributed by atoms with Gasteiger partial charge in [0, 0.05) is 0 Å². The van der Waals surface area contributed by atoms with Gasteiger partial charge in [0.1, 0.15) is 29.5 Å². The van der Waals surface area contributed by atoms with E-state index < -0.39 is 36.8 Å². The largest absolute Gasteiger partial charge is 0.394 e. The minimum atomic E-state index is -1.23. The summed E-state index contributed by atoms with van der Waals surface area (Å²) in [7, 11) is 0. The molecule has 0 radical (unpaired) electrons. The SMILES string of the molecule is O=c1ncc2ncn([C@@H]3O[C@H](CO)[C@H](O)C3O)c2[nH]1. The summed E-state index contributed by atoms with van der Waals surface area (Å²) >= 11 is 0. The molecule has 4 N–H and O–H groups in total. The lowest BCUT2D eigenvalue weighted by Crippen LogP contribution is -2.33. The van der Waals surface area contributed by atoms with Gasteiger partial charge in [0.25, 0.3) is 0 Å². The zero-order chi connectivity index (χ0) is 13.6. The molecule has 0 amide bonds. The Morgan fingerprint density at radius 1 is 1.37 bits per heavy atom. The van der Waals surface area contributed by atoms with E-state index >= 15 is 0 Å². The zero-order valence-electron chi connectivity index (χ0n) is 9.67. The van der Waals surface area contributed by atoms with Gasteiger partial charge in [-0.15, -0.1) is 0 Å². The summed E-state index contributed by atoms with van der Waals surface area (Å²) in [6.45, 7) is -0.417. The van der Waals surface area contributed by atoms with Gasteiger partial charge in [0.2, 0.25) is 0 Å². The third kappa shape index (κ3) is 1.83. The van der Waals surface area contributed by atoms with Gasteiger partial charge in [-0.3, -0.25) is 9.55 Å². The van der Waals surface area contributed by atoms with Crippen LogP contribution < -0.4 is 5.69 Å². The lowest BCUT2D eigenvalue weighted by atomic mass is 10.1. The van der Waals surface area contributed by atoms with Gasteiger partial charge in [0.05, 0.1) is 19.1 Å². The smallest absolute Gasteiger partial charge is 0.346 e. The molecular weight excluding hydrogens is 256 g/mol. The summed E-state index contributed by atoms with van der Waals surface area (Å²) < 4.78 is 6.75. The van der Waals surface area contributed by atoms with Gasteiger partial charge in [-0.05, 0) is 0 Å². The molecule has 1 saturated heterocycles. The molecule has 1 fully saturated rings. The second kappa shape index (κ2) is 4.38. The van der Waals surface area contributed by atoms with Crippen molar-refractivity contribution in [3.63, 3.8) is 0 Å². The quantitative estimate of drug-likeness (QED) is 0.482. The molecule has 1 unspecified atom stereocenters. The number of H-pyrrole nitrogens is 1. The third-order valence-corrected chi connectivity index (χ3v) is 3.14. The lowest BCUT2D eigenvalue weighted by molar-refractivity contribution is -0.0511. The first-order valence-electron chi connectivity index (χ1n) is 5.66. The highest BCUT2D eigenvalue weighted by Crippen LogP contribution is 2.30. The molecule has 1 aliphatic heterocycles. The molecule has 102 valence electrons. The fraction of sp³-hybridized carbons (Fsp3) is 0.500. The summed E-state index contributed by atoms with van der Waals surface area (Å²) in [5.41, 5.74) is 0.202. The number of nitrogens with one attached hydrogen (secondary N) is 1. The Hall–Kier alpha value is -1.81. The fourth-order valence-electron chi connectivity index (χ4n) is 2.15. The molecule has 0 spiro atoms. The predicted octanol–water partition coefficient (Wildman–Crippen LogP) is -2.27. The van der Waals surface area contributed by atoms with Crippen molar-refractivity contribution in [2.75, 3.05) is 6.61 Å². The highest BCUT2D eigenvalue weighted by molar-refractivity contribution is 5.68. The molecule has 9 nitrogen and oxygen atoms in total. The van der Waals surface area contributed by atoms with Crippen molar-refractivity contribution in [3.05, 3.63) is 23.0 Å². The van der Waals surface area contributed by atoms with E-state index in [0.717, 1.165) is 0 Å². The molecule has 0 aromatic carbocycles. The van der Waals surface area contributed by atoms with Crippen molar-refractivity contribution in [2.45, 2.75) is 24.5 Å². The maximum absolute atomic E-state index is 11.2. The van der Waals surface area contributed by atoms with Crippen molar-refractivity contribution in [2.24, 2.45) is 0 Å². The minimum Gasteiger partial charge on any atom is -0.394 e. The number of aromatic amines is 1. The van der Waals surface area contributed by atoms with Gasteiger partial charge in [0.15, 0.2) is 6.23 Å². The van der Waals surface area contributed by atoms with Crippen LogP contribution in [0.2, 0.25) is 0 Å². The Bertz CT molecular complexity index is 653. The normalized spacial score (nSPS) is 31.1. The summed E-state index contributed by atoms with van der Waals surface area (Å²) in [6.07, 6.45) is -1.59. The average Bonchev–Trinajstić information content (AvgIpc) is 2.92. The Balaban J connectivity index is 2.05. The van der Waals surface area contributed by atoms with E-state index in [9.17, 15) is 15.0 Å². The van der Waals surface area contributed by atoms with Crippen LogP contribution in [0.3, 0.4) is 0 Å². The standard InChI is InChI=1S/C10H12N4O5/c15-2-5-6(16)7(17)9(19-5)14-3-12-4-1-11-10(18)13-8(4)14/h1,3,5-7,9,15-17H,2H2,(H,11,13,18)/t5-,6+,7?,9-/m1/s1. The van der Waals surface area contributed by atoms with E-state index in [0.29, 0.717) is 11.2 Å². The summed E-state index contributed by atoms with van der Waals surface area (Å²) in [5.74, 6) is 0. The van der Waals surface area contributed by atoms with Crippen molar-refractivity contribution in [1.29, 1.82) is 0 Å². The zero-order valence-corrected chi connectivity index (χ0v) is 9.67. The Labute approximate surface area is 106 Å². The maximum atomic E-state index is 11.2. The number of imidazole rings is 1. The minimum absolute atomic E-state index is 0.329. The Kier molecular flexibility index (Phi) is 2.82. The number of aromatic nitrogens is 4. The molecule has 2 aromatic heterocycles. The van der Waals surface area contributed by atoms with E-state index in [2.05, 4.69) is 15.0 Å².